The van der Waals surface area contributed by atoms with E-state index in [2.05, 4.69) is 23.3 Å². The van der Waals surface area contributed by atoms with Crippen LogP contribution >= 0.6 is 0 Å². The molecule has 1 aromatic heterocycles. The maximum atomic E-state index is 5.57. The second-order valence-corrected chi connectivity index (χ2v) is 4.80. The van der Waals surface area contributed by atoms with E-state index in [9.17, 15) is 0 Å². The molecule has 0 atom stereocenters. The normalized spacial score (nSPS) is 10.8. The monoisotopic (exact) mass is 249 g/mol. The van der Waals surface area contributed by atoms with E-state index in [1.54, 1.807) is 0 Å². The van der Waals surface area contributed by atoms with E-state index >= 15 is 0 Å². The molecular weight excluding hydrogens is 222 g/mol. The highest BCUT2D eigenvalue weighted by molar-refractivity contribution is 5.15. The molecule has 3 heteroatoms. The zero-order valence-electron chi connectivity index (χ0n) is 11.6. The Bertz CT molecular complexity index is 312. The number of unbranched alkanes of at least 4 members (excludes halogenated alkanes) is 5. The summed E-state index contributed by atoms with van der Waals surface area (Å²) >= 11 is 0. The Hall–Kier alpha value is -0.930. The van der Waals surface area contributed by atoms with Crippen LogP contribution in [-0.2, 0) is 13.1 Å². The van der Waals surface area contributed by atoms with Gasteiger partial charge in [-0.05, 0) is 30.7 Å². The number of aromatic nitrogens is 1. The Balaban J connectivity index is 2.03. The van der Waals surface area contributed by atoms with E-state index in [4.69, 9.17) is 5.73 Å². The van der Waals surface area contributed by atoms with Gasteiger partial charge in [0.2, 0.25) is 0 Å². The molecule has 102 valence electrons. The number of hydrogen-bond donors (Lipinski definition) is 2. The summed E-state index contributed by atoms with van der Waals surface area (Å²) in [5.41, 5.74) is 7.81. The van der Waals surface area contributed by atoms with Gasteiger partial charge < -0.3 is 11.1 Å². The molecule has 0 bridgehead atoms. The van der Waals surface area contributed by atoms with Gasteiger partial charge in [-0.1, -0.05) is 39.0 Å². The molecule has 3 nitrogen and oxygen atoms in total. The van der Waals surface area contributed by atoms with Crippen molar-refractivity contribution in [2.75, 3.05) is 6.54 Å². The van der Waals surface area contributed by atoms with Gasteiger partial charge in [0.25, 0.3) is 0 Å². The van der Waals surface area contributed by atoms with Crippen molar-refractivity contribution in [2.45, 2.75) is 58.5 Å². The first-order valence-corrected chi connectivity index (χ1v) is 7.21. The molecule has 0 amide bonds. The van der Waals surface area contributed by atoms with Crippen molar-refractivity contribution in [1.29, 1.82) is 0 Å². The van der Waals surface area contributed by atoms with Gasteiger partial charge in [0.05, 0.1) is 5.69 Å². The van der Waals surface area contributed by atoms with Crippen molar-refractivity contribution in [2.24, 2.45) is 5.73 Å². The number of nitrogens with two attached hydrogens (primary N) is 1. The van der Waals surface area contributed by atoms with Crippen LogP contribution in [0.3, 0.4) is 0 Å². The van der Waals surface area contributed by atoms with Crippen LogP contribution in [0.1, 0.15) is 56.7 Å². The summed E-state index contributed by atoms with van der Waals surface area (Å²) in [6.45, 7) is 4.80. The lowest BCUT2D eigenvalue weighted by Crippen LogP contribution is -2.15. The fourth-order valence-corrected chi connectivity index (χ4v) is 2.01. The predicted octanol–water partition coefficient (Wildman–Crippen LogP) is 2.99. The minimum atomic E-state index is 0.519. The van der Waals surface area contributed by atoms with E-state index in [0.29, 0.717) is 6.54 Å². The van der Waals surface area contributed by atoms with E-state index in [1.807, 2.05) is 12.3 Å². The summed E-state index contributed by atoms with van der Waals surface area (Å²) in [7, 11) is 0. The lowest BCUT2D eigenvalue weighted by atomic mass is 10.1. The summed E-state index contributed by atoms with van der Waals surface area (Å²) in [5, 5.41) is 3.48. The van der Waals surface area contributed by atoms with Gasteiger partial charge in [0.15, 0.2) is 0 Å². The minimum absolute atomic E-state index is 0.519. The lowest BCUT2D eigenvalue weighted by molar-refractivity contribution is 0.572. The zero-order valence-corrected chi connectivity index (χ0v) is 11.6. The smallest absolute Gasteiger partial charge is 0.0542 e. The highest BCUT2D eigenvalue weighted by Gasteiger charge is 1.96. The second kappa shape index (κ2) is 10.0. The molecule has 0 unspecified atom stereocenters. The van der Waals surface area contributed by atoms with Gasteiger partial charge >= 0.3 is 0 Å². The molecule has 0 saturated carbocycles. The van der Waals surface area contributed by atoms with Crippen molar-refractivity contribution < 1.29 is 0 Å². The highest BCUT2D eigenvalue weighted by atomic mass is 14.8. The summed E-state index contributed by atoms with van der Waals surface area (Å²) < 4.78 is 0. The third kappa shape index (κ3) is 6.72. The van der Waals surface area contributed by atoms with E-state index in [-0.39, 0.29) is 0 Å². The SMILES string of the molecule is CCCCCCCCNCc1ccnc(CN)c1. The molecule has 18 heavy (non-hydrogen) atoms. The first-order chi connectivity index (χ1) is 8.86. The molecular formula is C15H27N3. The molecule has 0 fully saturated rings. The molecule has 0 aliphatic rings. The molecule has 0 spiro atoms. The number of nitrogens with zero attached hydrogens (tertiary/aromatic N) is 1. The third-order valence-corrected chi connectivity index (χ3v) is 3.13. The van der Waals surface area contributed by atoms with Crippen molar-refractivity contribution in [1.82, 2.24) is 10.3 Å². The number of hydrogen-bond acceptors (Lipinski definition) is 3. The van der Waals surface area contributed by atoms with Crippen LogP contribution < -0.4 is 11.1 Å². The number of rotatable bonds is 10. The molecule has 0 aliphatic carbocycles. The second-order valence-electron chi connectivity index (χ2n) is 4.80. The van der Waals surface area contributed by atoms with Crippen LogP contribution in [0.15, 0.2) is 18.3 Å². The molecule has 0 aromatic carbocycles. The standard InChI is InChI=1S/C15H27N3/c1-2-3-4-5-6-7-9-17-13-14-8-10-18-15(11-14)12-16/h8,10-11,17H,2-7,9,12-13,16H2,1H3. The molecule has 0 saturated heterocycles. The molecule has 1 aromatic rings. The van der Waals surface area contributed by atoms with E-state index in [1.165, 1.54) is 44.1 Å². The highest BCUT2D eigenvalue weighted by Crippen LogP contribution is 2.05. The summed E-state index contributed by atoms with van der Waals surface area (Å²) in [5.74, 6) is 0. The average molecular weight is 249 g/mol. The van der Waals surface area contributed by atoms with Crippen molar-refractivity contribution in [3.05, 3.63) is 29.6 Å². The first-order valence-electron chi connectivity index (χ1n) is 7.21. The summed E-state index contributed by atoms with van der Waals surface area (Å²) in [6.07, 6.45) is 9.93. The van der Waals surface area contributed by atoms with Crippen LogP contribution in [0.25, 0.3) is 0 Å². The molecule has 0 radical (unpaired) electrons. The van der Waals surface area contributed by atoms with Crippen molar-refractivity contribution >= 4 is 0 Å². The number of pyridine rings is 1. The van der Waals surface area contributed by atoms with Crippen molar-refractivity contribution in [3.63, 3.8) is 0 Å². The quantitative estimate of drug-likeness (QED) is 0.627. The lowest BCUT2D eigenvalue weighted by Gasteiger charge is -2.06. The topological polar surface area (TPSA) is 50.9 Å². The van der Waals surface area contributed by atoms with Crippen LogP contribution in [0.5, 0.6) is 0 Å². The molecule has 3 N–H and O–H groups in total. The first kappa shape index (κ1) is 15.1. The molecule has 1 rings (SSSR count). The van der Waals surface area contributed by atoms with Gasteiger partial charge in [0, 0.05) is 19.3 Å². The Morgan fingerprint density at radius 3 is 2.72 bits per heavy atom. The zero-order chi connectivity index (χ0) is 13.1. The van der Waals surface area contributed by atoms with Gasteiger partial charge in [-0.15, -0.1) is 0 Å². The van der Waals surface area contributed by atoms with E-state index in [0.717, 1.165) is 18.8 Å². The Morgan fingerprint density at radius 1 is 1.17 bits per heavy atom. The summed E-state index contributed by atoms with van der Waals surface area (Å²) in [4.78, 5) is 4.19. The van der Waals surface area contributed by atoms with Gasteiger partial charge in [-0.3, -0.25) is 4.98 Å². The average Bonchev–Trinajstić information content (AvgIpc) is 2.42. The largest absolute Gasteiger partial charge is 0.325 e. The fourth-order valence-electron chi connectivity index (χ4n) is 2.01. The minimum Gasteiger partial charge on any atom is -0.325 e. The van der Waals surface area contributed by atoms with Crippen LogP contribution in [0.2, 0.25) is 0 Å². The van der Waals surface area contributed by atoms with Crippen molar-refractivity contribution in [3.8, 4) is 0 Å². The van der Waals surface area contributed by atoms with Crippen LogP contribution in [0, 0.1) is 0 Å². The Morgan fingerprint density at radius 2 is 1.94 bits per heavy atom. The number of nitrogens with one attached hydrogen (secondary N) is 1. The Kier molecular flexibility index (Phi) is 8.43. The van der Waals surface area contributed by atoms with Gasteiger partial charge in [0.1, 0.15) is 0 Å². The predicted molar refractivity (Wildman–Crippen MR) is 77.2 cm³/mol. The van der Waals surface area contributed by atoms with Crippen LogP contribution in [-0.4, -0.2) is 11.5 Å². The van der Waals surface area contributed by atoms with Gasteiger partial charge in [-0.2, -0.15) is 0 Å². The van der Waals surface area contributed by atoms with Gasteiger partial charge in [-0.25, -0.2) is 0 Å². The fraction of sp³-hybridized carbons (Fsp3) is 0.667. The Labute approximate surface area is 111 Å². The summed E-state index contributed by atoms with van der Waals surface area (Å²) in [6, 6.07) is 4.13. The maximum absolute atomic E-state index is 5.57. The van der Waals surface area contributed by atoms with Crippen LogP contribution in [0.4, 0.5) is 0 Å². The molecule has 1 heterocycles. The van der Waals surface area contributed by atoms with E-state index < -0.39 is 0 Å². The molecule has 0 aliphatic heterocycles. The third-order valence-electron chi connectivity index (χ3n) is 3.13. The maximum Gasteiger partial charge on any atom is 0.0542 e.